The Labute approximate surface area is 175 Å². The first-order chi connectivity index (χ1) is 13.9. The number of nitrogens with one attached hydrogen (secondary N) is 2. The molecule has 1 aromatic rings. The van der Waals surface area contributed by atoms with Crippen molar-refractivity contribution in [1.29, 1.82) is 0 Å². The highest BCUT2D eigenvalue weighted by molar-refractivity contribution is 5.95. The van der Waals surface area contributed by atoms with Crippen LogP contribution < -0.4 is 10.6 Å². The van der Waals surface area contributed by atoms with Gasteiger partial charge in [0, 0.05) is 30.7 Å². The van der Waals surface area contributed by atoms with Gasteiger partial charge in [-0.25, -0.2) is 0 Å². The second-order valence-corrected chi connectivity index (χ2v) is 9.16. The highest BCUT2D eigenvalue weighted by Crippen LogP contribution is 2.29. The first-order valence-electron chi connectivity index (χ1n) is 11.3. The lowest BCUT2D eigenvalue weighted by Gasteiger charge is -2.38. The predicted molar refractivity (Wildman–Crippen MR) is 117 cm³/mol. The third-order valence-corrected chi connectivity index (χ3v) is 7.22. The molecule has 2 amide bonds. The molecule has 1 heterocycles. The van der Waals surface area contributed by atoms with E-state index in [0.717, 1.165) is 43.5 Å². The maximum Gasteiger partial charge on any atom is 0.251 e. The van der Waals surface area contributed by atoms with Gasteiger partial charge in [0.25, 0.3) is 5.91 Å². The third-order valence-electron chi connectivity index (χ3n) is 7.22. The van der Waals surface area contributed by atoms with Crippen LogP contribution in [0.5, 0.6) is 0 Å². The lowest BCUT2D eigenvalue weighted by Crippen LogP contribution is -2.54. The summed E-state index contributed by atoms with van der Waals surface area (Å²) >= 11 is 0. The van der Waals surface area contributed by atoms with Gasteiger partial charge in [-0.2, -0.15) is 0 Å². The van der Waals surface area contributed by atoms with E-state index >= 15 is 0 Å². The van der Waals surface area contributed by atoms with Crippen LogP contribution in [0.1, 0.15) is 68.8 Å². The van der Waals surface area contributed by atoms with E-state index in [4.69, 9.17) is 0 Å². The Morgan fingerprint density at radius 3 is 2.41 bits per heavy atom. The van der Waals surface area contributed by atoms with Crippen molar-refractivity contribution >= 4 is 11.8 Å². The van der Waals surface area contributed by atoms with Crippen molar-refractivity contribution in [1.82, 2.24) is 15.5 Å². The molecule has 29 heavy (non-hydrogen) atoms. The molecule has 0 radical (unpaired) electrons. The smallest absolute Gasteiger partial charge is 0.251 e. The van der Waals surface area contributed by atoms with E-state index in [1.54, 1.807) is 0 Å². The minimum absolute atomic E-state index is 0.00717. The van der Waals surface area contributed by atoms with Crippen LogP contribution in [-0.4, -0.2) is 47.9 Å². The van der Waals surface area contributed by atoms with Crippen molar-refractivity contribution in [3.05, 3.63) is 35.4 Å². The molecular formula is C24H37N3O2. The van der Waals surface area contributed by atoms with Crippen molar-refractivity contribution in [2.75, 3.05) is 13.1 Å². The number of nitrogens with zero attached hydrogens (tertiary/aromatic N) is 1. The fraction of sp³-hybridized carbons (Fsp3) is 0.667. The Kier molecular flexibility index (Phi) is 7.33. The number of carbonyl (C=O) groups is 2. The summed E-state index contributed by atoms with van der Waals surface area (Å²) in [6.45, 7) is 10.2. The summed E-state index contributed by atoms with van der Waals surface area (Å²) in [4.78, 5) is 27.6. The van der Waals surface area contributed by atoms with Crippen LogP contribution in [0.25, 0.3) is 0 Å². The monoisotopic (exact) mass is 399 g/mol. The summed E-state index contributed by atoms with van der Waals surface area (Å²) in [7, 11) is 0. The van der Waals surface area contributed by atoms with Crippen molar-refractivity contribution in [3.8, 4) is 0 Å². The Hall–Kier alpha value is -1.88. The summed E-state index contributed by atoms with van der Waals surface area (Å²) in [5, 5.41) is 6.49. The molecule has 2 fully saturated rings. The molecule has 0 aromatic heterocycles. The van der Waals surface area contributed by atoms with Crippen LogP contribution in [0.4, 0.5) is 0 Å². The maximum absolute atomic E-state index is 12.8. The number of amides is 2. The van der Waals surface area contributed by atoms with Gasteiger partial charge in [0.1, 0.15) is 0 Å². The third kappa shape index (κ3) is 5.39. The van der Waals surface area contributed by atoms with Crippen LogP contribution in [0.15, 0.2) is 24.3 Å². The second kappa shape index (κ2) is 9.75. The van der Waals surface area contributed by atoms with Crippen LogP contribution in [-0.2, 0) is 4.79 Å². The number of rotatable bonds is 5. The quantitative estimate of drug-likeness (QED) is 0.796. The highest BCUT2D eigenvalue weighted by atomic mass is 16.2. The molecule has 1 saturated heterocycles. The molecule has 3 rings (SSSR count). The predicted octanol–water partition coefficient (Wildman–Crippen LogP) is 3.52. The number of likely N-dealkylation sites (tertiary alicyclic amines) is 1. The number of piperidine rings is 1. The molecule has 1 saturated carbocycles. The Morgan fingerprint density at radius 1 is 1.03 bits per heavy atom. The largest absolute Gasteiger partial charge is 0.352 e. The fourth-order valence-corrected chi connectivity index (χ4v) is 4.78. The van der Waals surface area contributed by atoms with Gasteiger partial charge in [-0.3, -0.25) is 14.5 Å². The number of aryl methyl sites for hydroxylation is 1. The summed E-state index contributed by atoms with van der Waals surface area (Å²) < 4.78 is 0. The van der Waals surface area contributed by atoms with Gasteiger partial charge in [-0.05, 0) is 56.6 Å². The Bertz CT molecular complexity index is 712. The van der Waals surface area contributed by atoms with Gasteiger partial charge in [-0.1, -0.05) is 44.9 Å². The highest BCUT2D eigenvalue weighted by Gasteiger charge is 2.32. The standard InChI is InChI=1S/C24H37N3O2/c1-16-9-7-11-22(18(16)3)26-23(28)19(4)27-14-12-20(13-15-27)25-24(29)21-10-6-5-8-17(21)2/h5-6,8,10,16,18-20,22H,7,9,11-15H2,1-4H3,(H,25,29)(H,26,28). The molecule has 5 heteroatoms. The van der Waals surface area contributed by atoms with Gasteiger partial charge in [0.2, 0.25) is 5.91 Å². The van der Waals surface area contributed by atoms with Crippen molar-refractivity contribution < 1.29 is 9.59 Å². The van der Waals surface area contributed by atoms with Crippen molar-refractivity contribution in [2.45, 2.75) is 77.9 Å². The molecular weight excluding hydrogens is 362 g/mol. The molecule has 4 atom stereocenters. The van der Waals surface area contributed by atoms with E-state index < -0.39 is 0 Å². The average Bonchev–Trinajstić information content (AvgIpc) is 2.71. The zero-order valence-corrected chi connectivity index (χ0v) is 18.4. The molecule has 0 bridgehead atoms. The normalized spacial score (nSPS) is 27.2. The molecule has 160 valence electrons. The number of hydrogen-bond donors (Lipinski definition) is 2. The number of benzene rings is 1. The summed E-state index contributed by atoms with van der Waals surface area (Å²) in [5.41, 5.74) is 1.75. The molecule has 1 aliphatic heterocycles. The van der Waals surface area contributed by atoms with E-state index in [9.17, 15) is 9.59 Å². The first kappa shape index (κ1) is 21.8. The van der Waals surface area contributed by atoms with E-state index in [1.807, 2.05) is 38.1 Å². The van der Waals surface area contributed by atoms with Crippen LogP contribution in [0.2, 0.25) is 0 Å². The Balaban J connectivity index is 1.46. The molecule has 2 aliphatic rings. The molecule has 5 nitrogen and oxygen atoms in total. The van der Waals surface area contributed by atoms with Gasteiger partial charge in [-0.15, -0.1) is 0 Å². The Morgan fingerprint density at radius 2 is 1.72 bits per heavy atom. The number of hydrogen-bond acceptors (Lipinski definition) is 3. The SMILES string of the molecule is Cc1ccccc1C(=O)NC1CCN(C(C)C(=O)NC2CCCC(C)C2C)CC1. The minimum atomic E-state index is -0.118. The van der Waals surface area contributed by atoms with Gasteiger partial charge in [0.15, 0.2) is 0 Å². The van der Waals surface area contributed by atoms with Crippen LogP contribution in [0, 0.1) is 18.8 Å². The van der Waals surface area contributed by atoms with E-state index in [2.05, 4.69) is 29.4 Å². The molecule has 2 N–H and O–H groups in total. The van der Waals surface area contributed by atoms with Gasteiger partial charge < -0.3 is 10.6 Å². The first-order valence-corrected chi connectivity index (χ1v) is 11.3. The molecule has 1 aliphatic carbocycles. The van der Waals surface area contributed by atoms with Crippen molar-refractivity contribution in [2.24, 2.45) is 11.8 Å². The van der Waals surface area contributed by atoms with E-state index in [1.165, 1.54) is 12.8 Å². The average molecular weight is 400 g/mol. The summed E-state index contributed by atoms with van der Waals surface area (Å²) in [5.74, 6) is 1.38. The molecule has 4 unspecified atom stereocenters. The molecule has 0 spiro atoms. The van der Waals surface area contributed by atoms with E-state index in [-0.39, 0.29) is 23.9 Å². The maximum atomic E-state index is 12.8. The van der Waals surface area contributed by atoms with Crippen LogP contribution >= 0.6 is 0 Å². The van der Waals surface area contributed by atoms with Gasteiger partial charge in [0.05, 0.1) is 6.04 Å². The minimum Gasteiger partial charge on any atom is -0.352 e. The topological polar surface area (TPSA) is 61.4 Å². The zero-order valence-electron chi connectivity index (χ0n) is 18.4. The second-order valence-electron chi connectivity index (χ2n) is 9.16. The lowest BCUT2D eigenvalue weighted by atomic mass is 9.78. The number of carbonyl (C=O) groups excluding carboxylic acids is 2. The lowest BCUT2D eigenvalue weighted by molar-refractivity contribution is -0.127. The van der Waals surface area contributed by atoms with E-state index in [0.29, 0.717) is 17.9 Å². The summed E-state index contributed by atoms with van der Waals surface area (Å²) in [6.07, 6.45) is 5.33. The van der Waals surface area contributed by atoms with Gasteiger partial charge >= 0.3 is 0 Å². The molecule has 1 aromatic carbocycles. The summed E-state index contributed by atoms with van der Waals surface area (Å²) in [6, 6.07) is 8.05. The zero-order chi connectivity index (χ0) is 21.0. The fourth-order valence-electron chi connectivity index (χ4n) is 4.78. The van der Waals surface area contributed by atoms with Crippen LogP contribution in [0.3, 0.4) is 0 Å². The van der Waals surface area contributed by atoms with Crippen molar-refractivity contribution in [3.63, 3.8) is 0 Å².